The van der Waals surface area contributed by atoms with Gasteiger partial charge < -0.3 is 20.1 Å². The molecule has 0 radical (unpaired) electrons. The fraction of sp³-hybridized carbons (Fsp3) is 0.700. The maximum atomic E-state index is 14.5. The van der Waals surface area contributed by atoms with Crippen LogP contribution in [0.3, 0.4) is 0 Å². The van der Waals surface area contributed by atoms with Gasteiger partial charge in [0.2, 0.25) is 11.8 Å². The quantitative estimate of drug-likeness (QED) is 0.750. The summed E-state index contributed by atoms with van der Waals surface area (Å²) in [6.45, 7) is 0.898. The first-order valence-corrected chi connectivity index (χ1v) is 10.1. The Balaban J connectivity index is 1.37. The average molecular weight is 413 g/mol. The lowest BCUT2D eigenvalue weighted by molar-refractivity contribution is -0.122. The number of nitrogens with one attached hydrogen (secondary N) is 2. The van der Waals surface area contributed by atoms with Gasteiger partial charge in [-0.05, 0) is 51.1 Å². The van der Waals surface area contributed by atoms with Crippen molar-refractivity contribution in [1.82, 2.24) is 15.6 Å². The number of nitrogens with zero attached hydrogens (tertiary/aromatic N) is 1. The zero-order chi connectivity index (χ0) is 20.6. The van der Waals surface area contributed by atoms with Gasteiger partial charge in [-0.3, -0.25) is 4.79 Å². The Morgan fingerprint density at radius 3 is 2.62 bits per heavy atom. The summed E-state index contributed by atoms with van der Waals surface area (Å²) in [5.74, 6) is -3.39. The molecule has 29 heavy (non-hydrogen) atoms. The van der Waals surface area contributed by atoms with Gasteiger partial charge in [0.1, 0.15) is 6.10 Å². The number of carbonyl (C=O) groups is 1. The minimum absolute atomic E-state index is 0.0516. The van der Waals surface area contributed by atoms with Crippen molar-refractivity contribution in [3.05, 3.63) is 17.4 Å². The number of hydrogen-bond donors (Lipinski definition) is 2. The monoisotopic (exact) mass is 413 g/mol. The smallest absolute Gasteiger partial charge is 0.254 e. The molecule has 160 valence electrons. The predicted molar refractivity (Wildman–Crippen MR) is 98.5 cm³/mol. The molecule has 3 fully saturated rings. The molecule has 0 bridgehead atoms. The fourth-order valence-electron chi connectivity index (χ4n) is 4.44. The molecule has 6 nitrogen and oxygen atoms in total. The second kappa shape index (κ2) is 7.66. The third-order valence-corrected chi connectivity index (χ3v) is 6.39. The molecule has 0 unspecified atom stereocenters. The lowest BCUT2D eigenvalue weighted by atomic mass is 9.84. The zero-order valence-electron chi connectivity index (χ0n) is 16.4. The van der Waals surface area contributed by atoms with Crippen LogP contribution in [-0.2, 0) is 11.3 Å². The first-order valence-electron chi connectivity index (χ1n) is 10.1. The van der Waals surface area contributed by atoms with E-state index in [9.17, 15) is 18.0 Å². The summed E-state index contributed by atoms with van der Waals surface area (Å²) in [5.41, 5.74) is -0.462. The number of pyridine rings is 1. The van der Waals surface area contributed by atoms with Crippen LogP contribution in [0.4, 0.5) is 13.2 Å². The lowest BCUT2D eigenvalue weighted by Crippen LogP contribution is -2.40. The van der Waals surface area contributed by atoms with Gasteiger partial charge in [-0.1, -0.05) is 0 Å². The predicted octanol–water partition coefficient (Wildman–Crippen LogP) is 2.94. The Bertz CT molecular complexity index is 776. The molecule has 4 rings (SSSR count). The van der Waals surface area contributed by atoms with Crippen LogP contribution in [-0.4, -0.2) is 42.6 Å². The molecule has 1 aliphatic heterocycles. The Labute approximate surface area is 167 Å². The summed E-state index contributed by atoms with van der Waals surface area (Å²) in [4.78, 5) is 16.2. The van der Waals surface area contributed by atoms with Crippen LogP contribution < -0.4 is 20.1 Å². The third kappa shape index (κ3) is 4.01. The van der Waals surface area contributed by atoms with Crippen molar-refractivity contribution in [2.75, 3.05) is 13.7 Å². The topological polar surface area (TPSA) is 72.5 Å². The van der Waals surface area contributed by atoms with Crippen LogP contribution in [0.2, 0.25) is 0 Å². The summed E-state index contributed by atoms with van der Waals surface area (Å²) in [6.07, 6.45) is 2.98. The number of alkyl halides is 2. The van der Waals surface area contributed by atoms with Gasteiger partial charge in [-0.15, -0.1) is 0 Å². The first-order chi connectivity index (χ1) is 13.8. The SMILES string of the molecule is COc1nc(OC2CCC3(CC2)CC3(F)F)c(F)cc1CNC(=O)[C@@H]1CCCN1. The number of ether oxygens (including phenoxy) is 2. The average Bonchev–Trinajstić information content (AvgIpc) is 3.06. The third-order valence-electron chi connectivity index (χ3n) is 6.39. The number of carbonyl (C=O) groups excluding carboxylic acids is 1. The van der Waals surface area contributed by atoms with Crippen molar-refractivity contribution < 1.29 is 27.4 Å². The largest absolute Gasteiger partial charge is 0.481 e. The van der Waals surface area contributed by atoms with E-state index in [4.69, 9.17) is 9.47 Å². The lowest BCUT2D eigenvalue weighted by Gasteiger charge is -2.29. The molecule has 1 saturated heterocycles. The molecule has 1 aromatic heterocycles. The molecular weight excluding hydrogens is 387 g/mol. The Kier molecular flexibility index (Phi) is 5.35. The van der Waals surface area contributed by atoms with Gasteiger partial charge >= 0.3 is 0 Å². The van der Waals surface area contributed by atoms with E-state index in [1.807, 2.05) is 0 Å². The molecule has 1 aromatic rings. The van der Waals surface area contributed by atoms with Crippen molar-refractivity contribution in [3.8, 4) is 11.8 Å². The minimum atomic E-state index is -2.56. The van der Waals surface area contributed by atoms with Crippen molar-refractivity contribution in [2.24, 2.45) is 5.41 Å². The second-order valence-electron chi connectivity index (χ2n) is 8.29. The highest BCUT2D eigenvalue weighted by Crippen LogP contribution is 2.67. The molecule has 3 aliphatic rings. The van der Waals surface area contributed by atoms with Gasteiger partial charge in [-0.2, -0.15) is 4.98 Å². The van der Waals surface area contributed by atoms with E-state index in [-0.39, 0.29) is 42.8 Å². The summed E-state index contributed by atoms with van der Waals surface area (Å²) >= 11 is 0. The first kappa shape index (κ1) is 20.3. The van der Waals surface area contributed by atoms with Crippen molar-refractivity contribution in [3.63, 3.8) is 0 Å². The van der Waals surface area contributed by atoms with E-state index >= 15 is 0 Å². The Morgan fingerprint density at radius 1 is 1.31 bits per heavy atom. The van der Waals surface area contributed by atoms with Crippen LogP contribution >= 0.6 is 0 Å². The highest BCUT2D eigenvalue weighted by atomic mass is 19.3. The number of aromatic nitrogens is 1. The van der Waals surface area contributed by atoms with Crippen molar-refractivity contribution >= 4 is 5.91 Å². The molecule has 2 aliphatic carbocycles. The van der Waals surface area contributed by atoms with Crippen molar-refractivity contribution in [1.29, 1.82) is 0 Å². The molecule has 1 spiro atoms. The molecule has 2 N–H and O–H groups in total. The van der Waals surface area contributed by atoms with Crippen LogP contribution in [0.1, 0.15) is 50.5 Å². The van der Waals surface area contributed by atoms with Crippen LogP contribution in [0.5, 0.6) is 11.8 Å². The molecule has 9 heteroatoms. The highest BCUT2D eigenvalue weighted by Gasteiger charge is 2.70. The number of amides is 1. The van der Waals surface area contributed by atoms with Crippen LogP contribution in [0, 0.1) is 11.2 Å². The van der Waals surface area contributed by atoms with E-state index in [0.29, 0.717) is 31.2 Å². The zero-order valence-corrected chi connectivity index (χ0v) is 16.4. The van der Waals surface area contributed by atoms with E-state index in [2.05, 4.69) is 15.6 Å². The normalized spacial score (nSPS) is 30.2. The van der Waals surface area contributed by atoms with E-state index in [1.54, 1.807) is 0 Å². The fourth-order valence-corrected chi connectivity index (χ4v) is 4.44. The van der Waals surface area contributed by atoms with Gasteiger partial charge in [0.05, 0.1) is 13.2 Å². The highest BCUT2D eigenvalue weighted by molar-refractivity contribution is 5.82. The molecule has 2 saturated carbocycles. The Hall–Kier alpha value is -2.03. The standard InChI is InChI=1S/C20H26F3N3O3/c1-28-17-12(10-25-16(27)15-3-2-8-24-15)9-14(21)18(26-17)29-13-4-6-19(7-5-13)11-20(19,22)23/h9,13,15,24H,2-8,10-11H2,1H3,(H,25,27)/t13?,15-,19?/m0/s1. The van der Waals surface area contributed by atoms with E-state index < -0.39 is 17.2 Å². The summed E-state index contributed by atoms with van der Waals surface area (Å²) < 4.78 is 52.4. The van der Waals surface area contributed by atoms with Gasteiger partial charge in [-0.25, -0.2) is 13.2 Å². The second-order valence-corrected chi connectivity index (χ2v) is 8.29. The molecule has 1 amide bonds. The van der Waals surface area contributed by atoms with E-state index in [0.717, 1.165) is 19.4 Å². The summed E-state index contributed by atoms with van der Waals surface area (Å²) in [6, 6.07) is 1.01. The van der Waals surface area contributed by atoms with E-state index in [1.165, 1.54) is 13.2 Å². The number of halogens is 3. The minimum Gasteiger partial charge on any atom is -0.481 e. The van der Waals surface area contributed by atoms with Gasteiger partial charge in [0, 0.05) is 23.9 Å². The van der Waals surface area contributed by atoms with Gasteiger partial charge in [0.15, 0.2) is 5.82 Å². The van der Waals surface area contributed by atoms with Crippen LogP contribution in [0.15, 0.2) is 6.07 Å². The van der Waals surface area contributed by atoms with Gasteiger partial charge in [0.25, 0.3) is 11.8 Å². The van der Waals surface area contributed by atoms with Crippen molar-refractivity contribution in [2.45, 2.75) is 69.6 Å². The molecule has 0 aromatic carbocycles. The maximum Gasteiger partial charge on any atom is 0.254 e. The summed E-state index contributed by atoms with van der Waals surface area (Å²) in [5, 5.41) is 5.87. The molecule has 1 atom stereocenters. The number of rotatable bonds is 6. The maximum absolute atomic E-state index is 14.5. The summed E-state index contributed by atoms with van der Waals surface area (Å²) in [7, 11) is 1.41. The molecular formula is C20H26F3N3O3. The van der Waals surface area contributed by atoms with Crippen LogP contribution in [0.25, 0.3) is 0 Å². The molecule has 2 heterocycles. The Morgan fingerprint density at radius 2 is 2.03 bits per heavy atom. The number of methoxy groups -OCH3 is 1. The number of hydrogen-bond acceptors (Lipinski definition) is 5.